The molecule has 0 atom stereocenters. The van der Waals surface area contributed by atoms with E-state index in [0.717, 1.165) is 18.9 Å². The fraction of sp³-hybridized carbons (Fsp3) is 1.00. The third-order valence-corrected chi connectivity index (χ3v) is 1.47. The lowest BCUT2D eigenvalue weighted by Crippen LogP contribution is -2.01. The van der Waals surface area contributed by atoms with Crippen LogP contribution >= 0.6 is 0 Å². The summed E-state index contributed by atoms with van der Waals surface area (Å²) in [4.78, 5) is 0. The molecule has 0 amide bonds. The van der Waals surface area contributed by atoms with Crippen molar-refractivity contribution in [1.29, 1.82) is 0 Å². The molecule has 0 fully saturated rings. The second-order valence-corrected chi connectivity index (χ2v) is 3.72. The molecule has 0 N–H and O–H groups in total. The highest BCUT2D eigenvalue weighted by atomic mass is 16.5. The second kappa shape index (κ2) is 11.0. The van der Waals surface area contributed by atoms with Crippen LogP contribution in [0.5, 0.6) is 0 Å². The van der Waals surface area contributed by atoms with E-state index in [2.05, 4.69) is 41.5 Å². The summed E-state index contributed by atoms with van der Waals surface area (Å²) in [5, 5.41) is 0. The summed E-state index contributed by atoms with van der Waals surface area (Å²) in [6.45, 7) is 13.8. The Hall–Kier alpha value is -0.0400. The maximum Gasteiger partial charge on any atom is 0.0518 e. The van der Waals surface area contributed by atoms with Gasteiger partial charge >= 0.3 is 0 Å². The molecule has 0 bridgehead atoms. The van der Waals surface area contributed by atoms with Crippen LogP contribution in [0.1, 0.15) is 54.4 Å². The van der Waals surface area contributed by atoms with Crippen LogP contribution in [0.2, 0.25) is 0 Å². The first-order valence-electron chi connectivity index (χ1n) is 5.16. The summed E-state index contributed by atoms with van der Waals surface area (Å²) in [7, 11) is 0. The van der Waals surface area contributed by atoms with E-state index in [1.54, 1.807) is 0 Å². The summed E-state index contributed by atoms with van der Waals surface area (Å²) in [5.41, 5.74) is 0. The Labute approximate surface area is 78.5 Å². The van der Waals surface area contributed by atoms with Crippen molar-refractivity contribution in [2.75, 3.05) is 6.61 Å². The van der Waals surface area contributed by atoms with E-state index in [1.165, 1.54) is 6.42 Å². The van der Waals surface area contributed by atoms with Gasteiger partial charge in [-0.05, 0) is 26.2 Å². The van der Waals surface area contributed by atoms with Crippen molar-refractivity contribution in [3.05, 3.63) is 0 Å². The van der Waals surface area contributed by atoms with Gasteiger partial charge in [0.05, 0.1) is 6.10 Å². The first kappa shape index (κ1) is 14.5. The van der Waals surface area contributed by atoms with Crippen LogP contribution < -0.4 is 0 Å². The molecule has 1 heteroatoms. The van der Waals surface area contributed by atoms with Crippen LogP contribution in [0.4, 0.5) is 0 Å². The van der Waals surface area contributed by atoms with Crippen LogP contribution in [0.3, 0.4) is 0 Å². The SMILES string of the molecule is CCC(C)C.CCCOC(C)C. The van der Waals surface area contributed by atoms with Crippen LogP contribution in [-0.2, 0) is 4.74 Å². The van der Waals surface area contributed by atoms with Gasteiger partial charge in [0.2, 0.25) is 0 Å². The van der Waals surface area contributed by atoms with Crippen molar-refractivity contribution >= 4 is 0 Å². The Morgan fingerprint density at radius 2 is 1.42 bits per heavy atom. The molecular weight excluding hydrogens is 148 g/mol. The molecule has 0 rings (SSSR count). The summed E-state index contributed by atoms with van der Waals surface area (Å²) >= 11 is 0. The molecule has 0 aromatic carbocycles. The average Bonchev–Trinajstić information content (AvgIpc) is 2.02. The van der Waals surface area contributed by atoms with Gasteiger partial charge < -0.3 is 4.74 Å². The van der Waals surface area contributed by atoms with Gasteiger partial charge in [-0.3, -0.25) is 0 Å². The predicted octanol–water partition coefficient (Wildman–Crippen LogP) is 3.87. The maximum absolute atomic E-state index is 5.19. The molecule has 0 aliphatic heterocycles. The van der Waals surface area contributed by atoms with Crippen molar-refractivity contribution < 1.29 is 4.74 Å². The molecule has 0 spiro atoms. The minimum atomic E-state index is 0.403. The molecule has 0 unspecified atom stereocenters. The van der Waals surface area contributed by atoms with Gasteiger partial charge in [-0.25, -0.2) is 0 Å². The molecule has 76 valence electrons. The first-order valence-corrected chi connectivity index (χ1v) is 5.16. The normalized spacial score (nSPS) is 10.0. The number of rotatable bonds is 4. The number of ether oxygens (including phenoxy) is 1. The van der Waals surface area contributed by atoms with Crippen LogP contribution in [0.15, 0.2) is 0 Å². The van der Waals surface area contributed by atoms with E-state index in [4.69, 9.17) is 4.74 Å². The zero-order chi connectivity index (χ0) is 9.98. The lowest BCUT2D eigenvalue weighted by molar-refractivity contribution is 0.0794. The smallest absolute Gasteiger partial charge is 0.0518 e. The Morgan fingerprint density at radius 3 is 1.50 bits per heavy atom. The summed E-state index contributed by atoms with van der Waals surface area (Å²) in [5.74, 6) is 0.884. The lowest BCUT2D eigenvalue weighted by atomic mass is 10.2. The topological polar surface area (TPSA) is 9.23 Å². The molecule has 0 aliphatic rings. The molecule has 0 heterocycles. The highest BCUT2D eigenvalue weighted by molar-refractivity contribution is 4.34. The summed E-state index contributed by atoms with van der Waals surface area (Å²) in [6.07, 6.45) is 2.83. The van der Waals surface area contributed by atoms with Crippen LogP contribution in [-0.4, -0.2) is 12.7 Å². The zero-order valence-electron chi connectivity index (χ0n) is 9.68. The van der Waals surface area contributed by atoms with E-state index in [-0.39, 0.29) is 0 Å². The largest absolute Gasteiger partial charge is 0.379 e. The molecule has 0 aromatic rings. The highest BCUT2D eigenvalue weighted by Crippen LogP contribution is 1.93. The number of hydrogen-bond acceptors (Lipinski definition) is 1. The van der Waals surface area contributed by atoms with Gasteiger partial charge in [-0.2, -0.15) is 0 Å². The third-order valence-electron chi connectivity index (χ3n) is 1.47. The Kier molecular flexibility index (Phi) is 13.2. The Balaban J connectivity index is 0. The summed E-state index contributed by atoms with van der Waals surface area (Å²) < 4.78 is 5.19. The molecular formula is C11H26O. The van der Waals surface area contributed by atoms with Gasteiger partial charge in [0.15, 0.2) is 0 Å². The highest BCUT2D eigenvalue weighted by Gasteiger charge is 1.87. The van der Waals surface area contributed by atoms with Crippen LogP contribution in [0.25, 0.3) is 0 Å². The molecule has 0 saturated carbocycles. The van der Waals surface area contributed by atoms with Gasteiger partial charge in [0.1, 0.15) is 0 Å². The van der Waals surface area contributed by atoms with Gasteiger partial charge in [0.25, 0.3) is 0 Å². The fourth-order valence-corrected chi connectivity index (χ4v) is 0.354. The molecule has 0 aromatic heterocycles. The van der Waals surface area contributed by atoms with Gasteiger partial charge in [-0.1, -0.05) is 34.1 Å². The molecule has 12 heavy (non-hydrogen) atoms. The van der Waals surface area contributed by atoms with Crippen LogP contribution in [0, 0.1) is 5.92 Å². The minimum absolute atomic E-state index is 0.403. The molecule has 0 saturated heterocycles. The minimum Gasteiger partial charge on any atom is -0.379 e. The first-order chi connectivity index (χ1) is 5.54. The quantitative estimate of drug-likeness (QED) is 0.628. The third kappa shape index (κ3) is 22.5. The predicted molar refractivity (Wildman–Crippen MR) is 56.5 cm³/mol. The van der Waals surface area contributed by atoms with E-state index in [1.807, 2.05) is 0 Å². The van der Waals surface area contributed by atoms with Crippen molar-refractivity contribution in [2.45, 2.75) is 60.5 Å². The van der Waals surface area contributed by atoms with E-state index in [9.17, 15) is 0 Å². The Morgan fingerprint density at radius 1 is 1.00 bits per heavy atom. The fourth-order valence-electron chi connectivity index (χ4n) is 0.354. The van der Waals surface area contributed by atoms with E-state index < -0.39 is 0 Å². The zero-order valence-corrected chi connectivity index (χ0v) is 9.68. The van der Waals surface area contributed by atoms with Crippen molar-refractivity contribution in [3.8, 4) is 0 Å². The van der Waals surface area contributed by atoms with Gasteiger partial charge in [-0.15, -0.1) is 0 Å². The van der Waals surface area contributed by atoms with E-state index in [0.29, 0.717) is 6.10 Å². The van der Waals surface area contributed by atoms with Crippen molar-refractivity contribution in [2.24, 2.45) is 5.92 Å². The monoisotopic (exact) mass is 174 g/mol. The molecule has 0 radical (unpaired) electrons. The summed E-state index contributed by atoms with van der Waals surface area (Å²) in [6, 6.07) is 0. The molecule has 1 nitrogen and oxygen atoms in total. The standard InChI is InChI=1S/C6H14O.C5H12/c1-4-5-7-6(2)3;1-4-5(2)3/h6H,4-5H2,1-3H3;5H,4H2,1-3H3. The number of hydrogen-bond donors (Lipinski definition) is 0. The molecule has 0 aliphatic carbocycles. The lowest BCUT2D eigenvalue weighted by Gasteiger charge is -2.03. The average molecular weight is 174 g/mol. The van der Waals surface area contributed by atoms with E-state index >= 15 is 0 Å². The van der Waals surface area contributed by atoms with Gasteiger partial charge in [0, 0.05) is 6.61 Å². The van der Waals surface area contributed by atoms with Crippen molar-refractivity contribution in [1.82, 2.24) is 0 Å². The van der Waals surface area contributed by atoms with Crippen molar-refractivity contribution in [3.63, 3.8) is 0 Å². The second-order valence-electron chi connectivity index (χ2n) is 3.72. The maximum atomic E-state index is 5.19. The Bertz CT molecular complexity index is 67.4.